The molecule has 1 heterocycles. The number of rotatable bonds is 4. The van der Waals surface area contributed by atoms with Crippen molar-refractivity contribution in [2.45, 2.75) is 12.5 Å². The molecular formula is C16H16FN3O. The first-order chi connectivity index (χ1) is 10.2. The number of oxime groups is 1. The molecule has 0 radical (unpaired) electrons. The zero-order valence-electron chi connectivity index (χ0n) is 11.4. The number of nitrogens with zero attached hydrogens (tertiary/aromatic N) is 1. The Morgan fingerprint density at radius 3 is 2.29 bits per heavy atom. The highest BCUT2D eigenvalue weighted by atomic mass is 19.1. The lowest BCUT2D eigenvalue weighted by Crippen LogP contribution is -2.20. The van der Waals surface area contributed by atoms with Crippen LogP contribution in [0.5, 0.6) is 0 Å². The Hall–Kier alpha value is -2.40. The topological polar surface area (TPSA) is 59.6 Å². The molecule has 0 aliphatic carbocycles. The van der Waals surface area contributed by atoms with Crippen molar-refractivity contribution in [3.63, 3.8) is 0 Å². The largest absolute Gasteiger partial charge is 0.390 e. The highest BCUT2D eigenvalue weighted by Crippen LogP contribution is 2.20. The number of halogens is 1. The Kier molecular flexibility index (Phi) is 3.83. The summed E-state index contributed by atoms with van der Waals surface area (Å²) in [5.41, 5.74) is 9.27. The van der Waals surface area contributed by atoms with Crippen LogP contribution in [0.1, 0.15) is 12.0 Å². The third-order valence-corrected chi connectivity index (χ3v) is 3.35. The van der Waals surface area contributed by atoms with Crippen molar-refractivity contribution in [1.82, 2.24) is 0 Å². The molecule has 0 bridgehead atoms. The molecule has 3 N–H and O–H groups in total. The summed E-state index contributed by atoms with van der Waals surface area (Å²) in [5, 5.41) is 7.27. The van der Waals surface area contributed by atoms with Crippen molar-refractivity contribution in [1.29, 1.82) is 0 Å². The lowest BCUT2D eigenvalue weighted by atomic mass is 10.0. The normalized spacial score (nSPS) is 17.2. The van der Waals surface area contributed by atoms with Gasteiger partial charge in [0.1, 0.15) is 11.9 Å². The lowest BCUT2D eigenvalue weighted by molar-refractivity contribution is 0.0918. The first-order valence-electron chi connectivity index (χ1n) is 6.80. The zero-order valence-corrected chi connectivity index (χ0v) is 11.4. The maximum atomic E-state index is 12.9. The molecule has 1 unspecified atom stereocenters. The molecule has 2 aromatic rings. The summed E-state index contributed by atoms with van der Waals surface area (Å²) in [5.74, 6) is -0.246. The Morgan fingerprint density at radius 2 is 1.71 bits per heavy atom. The molecule has 21 heavy (non-hydrogen) atoms. The van der Waals surface area contributed by atoms with E-state index < -0.39 is 0 Å². The van der Waals surface area contributed by atoms with E-state index in [0.29, 0.717) is 6.54 Å². The van der Waals surface area contributed by atoms with E-state index in [9.17, 15) is 4.39 Å². The Balaban J connectivity index is 1.68. The minimum Gasteiger partial charge on any atom is -0.390 e. The summed E-state index contributed by atoms with van der Waals surface area (Å²) in [6.45, 7) is 0.469. The fourth-order valence-corrected chi connectivity index (χ4v) is 2.17. The van der Waals surface area contributed by atoms with Crippen LogP contribution in [-0.2, 0) is 4.84 Å². The number of benzene rings is 2. The molecule has 1 aliphatic heterocycles. The molecule has 4 nitrogen and oxygen atoms in total. The molecule has 0 fully saturated rings. The highest BCUT2D eigenvalue weighted by Gasteiger charge is 2.20. The van der Waals surface area contributed by atoms with Crippen LogP contribution >= 0.6 is 0 Å². The fraction of sp³-hybridized carbons (Fsp3) is 0.188. The second-order valence-corrected chi connectivity index (χ2v) is 4.91. The van der Waals surface area contributed by atoms with Crippen molar-refractivity contribution in [3.05, 3.63) is 59.9 Å². The van der Waals surface area contributed by atoms with Gasteiger partial charge in [0.2, 0.25) is 0 Å². The smallest absolute Gasteiger partial charge is 0.145 e. The van der Waals surface area contributed by atoms with E-state index >= 15 is 0 Å². The van der Waals surface area contributed by atoms with Gasteiger partial charge in [0.05, 0.1) is 5.71 Å². The molecule has 0 saturated carbocycles. The van der Waals surface area contributed by atoms with E-state index in [1.165, 1.54) is 12.1 Å². The molecular weight excluding hydrogens is 269 g/mol. The predicted octanol–water partition coefficient (Wildman–Crippen LogP) is 3.02. The van der Waals surface area contributed by atoms with Crippen LogP contribution in [0.25, 0.3) is 0 Å². The van der Waals surface area contributed by atoms with E-state index in [1.807, 2.05) is 24.3 Å². The minimum absolute atomic E-state index is 0.0167. The van der Waals surface area contributed by atoms with Crippen LogP contribution < -0.4 is 11.1 Å². The van der Waals surface area contributed by atoms with Crippen LogP contribution in [-0.4, -0.2) is 18.4 Å². The highest BCUT2D eigenvalue weighted by molar-refractivity contribution is 6.01. The third kappa shape index (κ3) is 3.20. The van der Waals surface area contributed by atoms with Gasteiger partial charge in [-0.15, -0.1) is 0 Å². The van der Waals surface area contributed by atoms with E-state index in [1.54, 1.807) is 12.1 Å². The van der Waals surface area contributed by atoms with Gasteiger partial charge in [-0.05, 0) is 42.0 Å². The van der Waals surface area contributed by atoms with Crippen LogP contribution in [0.2, 0.25) is 0 Å². The second-order valence-electron chi connectivity index (χ2n) is 4.91. The molecule has 0 amide bonds. The predicted molar refractivity (Wildman–Crippen MR) is 81.2 cm³/mol. The van der Waals surface area contributed by atoms with Crippen molar-refractivity contribution < 1.29 is 9.23 Å². The summed E-state index contributed by atoms with van der Waals surface area (Å²) in [4.78, 5) is 5.22. The zero-order chi connectivity index (χ0) is 14.7. The van der Waals surface area contributed by atoms with Crippen molar-refractivity contribution >= 4 is 17.1 Å². The average Bonchev–Trinajstić information content (AvgIpc) is 2.99. The van der Waals surface area contributed by atoms with Gasteiger partial charge in [0.25, 0.3) is 0 Å². The van der Waals surface area contributed by atoms with Crippen molar-refractivity contribution in [3.8, 4) is 0 Å². The molecule has 1 atom stereocenters. The van der Waals surface area contributed by atoms with E-state index in [4.69, 9.17) is 10.6 Å². The lowest BCUT2D eigenvalue weighted by Gasteiger charge is -2.07. The molecule has 0 spiro atoms. The van der Waals surface area contributed by atoms with Crippen LogP contribution in [0.3, 0.4) is 0 Å². The number of nitrogens with two attached hydrogens (primary N) is 1. The van der Waals surface area contributed by atoms with Gasteiger partial charge in [-0.3, -0.25) is 0 Å². The van der Waals surface area contributed by atoms with Crippen LogP contribution in [0.4, 0.5) is 15.8 Å². The molecule has 0 saturated heterocycles. The van der Waals surface area contributed by atoms with E-state index in [-0.39, 0.29) is 11.9 Å². The van der Waals surface area contributed by atoms with Gasteiger partial charge in [-0.2, -0.15) is 0 Å². The molecule has 0 aromatic heterocycles. The molecule has 108 valence electrons. The Morgan fingerprint density at radius 1 is 1.10 bits per heavy atom. The van der Waals surface area contributed by atoms with Crippen molar-refractivity contribution in [2.75, 3.05) is 11.9 Å². The van der Waals surface area contributed by atoms with Gasteiger partial charge in [0.15, 0.2) is 0 Å². The summed E-state index contributed by atoms with van der Waals surface area (Å²) < 4.78 is 12.9. The summed E-state index contributed by atoms with van der Waals surface area (Å²) in [6, 6.07) is 14.1. The second kappa shape index (κ2) is 5.93. The van der Waals surface area contributed by atoms with Gasteiger partial charge >= 0.3 is 0 Å². The first-order valence-corrected chi connectivity index (χ1v) is 6.80. The van der Waals surface area contributed by atoms with Gasteiger partial charge in [-0.25, -0.2) is 4.39 Å². The Labute approximate surface area is 122 Å². The molecule has 1 aliphatic rings. The standard InChI is InChI=1S/C16H16FN3O/c17-12-3-7-14(8-4-12)19-13-5-1-11(2-6-13)16-9-15(10-18)21-20-16/h1-8,15,19H,9-10,18H2. The minimum atomic E-state index is -0.246. The maximum absolute atomic E-state index is 12.9. The average molecular weight is 285 g/mol. The van der Waals surface area contributed by atoms with Gasteiger partial charge in [0, 0.05) is 24.3 Å². The Bertz CT molecular complexity index is 638. The van der Waals surface area contributed by atoms with Crippen LogP contribution in [0, 0.1) is 5.82 Å². The van der Waals surface area contributed by atoms with E-state index in [0.717, 1.165) is 29.1 Å². The number of nitrogens with one attached hydrogen (secondary N) is 1. The number of anilines is 2. The number of hydrogen-bond acceptors (Lipinski definition) is 4. The molecule has 3 rings (SSSR count). The van der Waals surface area contributed by atoms with Crippen molar-refractivity contribution in [2.24, 2.45) is 10.9 Å². The summed E-state index contributed by atoms with van der Waals surface area (Å²) in [6.07, 6.45) is 0.721. The number of hydrogen-bond donors (Lipinski definition) is 2. The molecule has 2 aromatic carbocycles. The third-order valence-electron chi connectivity index (χ3n) is 3.35. The van der Waals surface area contributed by atoms with E-state index in [2.05, 4.69) is 10.5 Å². The monoisotopic (exact) mass is 285 g/mol. The van der Waals surface area contributed by atoms with Gasteiger partial charge < -0.3 is 15.9 Å². The van der Waals surface area contributed by atoms with Crippen LogP contribution in [0.15, 0.2) is 53.7 Å². The quantitative estimate of drug-likeness (QED) is 0.907. The molecule has 5 heteroatoms. The maximum Gasteiger partial charge on any atom is 0.145 e. The summed E-state index contributed by atoms with van der Waals surface area (Å²) in [7, 11) is 0. The summed E-state index contributed by atoms with van der Waals surface area (Å²) >= 11 is 0. The fourth-order valence-electron chi connectivity index (χ4n) is 2.17. The first kappa shape index (κ1) is 13.6. The SMILES string of the molecule is NCC1CC(c2ccc(Nc3ccc(F)cc3)cc2)=NO1. The van der Waals surface area contributed by atoms with Gasteiger partial charge in [-0.1, -0.05) is 17.3 Å².